The van der Waals surface area contributed by atoms with Gasteiger partial charge in [-0.2, -0.15) is 4.21 Å². The quantitative estimate of drug-likeness (QED) is 0.170. The zero-order chi connectivity index (χ0) is 38.8. The molecule has 1 aliphatic heterocycles. The summed E-state index contributed by atoms with van der Waals surface area (Å²) in [5.41, 5.74) is -0.675. The van der Waals surface area contributed by atoms with Crippen molar-refractivity contribution in [2.24, 2.45) is 4.36 Å². The SMILES string of the molecule is COC(=O)[C@H](Cc1ccc(OS(=O)(F)=Nc2ccccc2O[C@@H]2O[C@H](COC(C)=O)[C@H](OC(C)=O)[C@H](OC(C)=O)[C@H]2O)cc1)NC(=O)OC(C)(C)C. The molecule has 52 heavy (non-hydrogen) atoms. The molecule has 3 rings (SSSR count). The van der Waals surface area contributed by atoms with Crippen LogP contribution in [-0.4, -0.2) is 95.4 Å². The van der Waals surface area contributed by atoms with E-state index in [0.29, 0.717) is 5.56 Å². The van der Waals surface area contributed by atoms with Crippen LogP contribution in [0.2, 0.25) is 0 Å². The van der Waals surface area contributed by atoms with Gasteiger partial charge in [0.15, 0.2) is 18.3 Å². The smallest absolute Gasteiger partial charge is 0.408 e. The lowest BCUT2D eigenvalue weighted by atomic mass is 9.98. The zero-order valence-electron chi connectivity index (χ0n) is 29.4. The third-order valence-electron chi connectivity index (χ3n) is 6.72. The molecule has 17 nitrogen and oxygen atoms in total. The van der Waals surface area contributed by atoms with E-state index < -0.39 is 89.3 Å². The third-order valence-corrected chi connectivity index (χ3v) is 7.54. The number of amides is 1. The molecular formula is C33H41FN2O15S. The maximum Gasteiger partial charge on any atom is 0.408 e. The van der Waals surface area contributed by atoms with Crippen molar-refractivity contribution in [2.45, 2.75) is 90.3 Å². The Morgan fingerprint density at radius 2 is 1.58 bits per heavy atom. The van der Waals surface area contributed by atoms with E-state index in [4.69, 9.17) is 37.3 Å². The highest BCUT2D eigenvalue weighted by molar-refractivity contribution is 7.84. The van der Waals surface area contributed by atoms with Gasteiger partial charge in [-0.05, 0) is 50.6 Å². The number of nitrogens with zero attached hydrogens (tertiary/aromatic N) is 1. The zero-order valence-corrected chi connectivity index (χ0v) is 30.2. The lowest BCUT2D eigenvalue weighted by molar-refractivity contribution is -0.285. The van der Waals surface area contributed by atoms with E-state index in [1.807, 2.05) is 0 Å². The lowest BCUT2D eigenvalue weighted by Crippen LogP contribution is -2.62. The molecule has 2 aromatic rings. The summed E-state index contributed by atoms with van der Waals surface area (Å²) in [6.07, 6.45) is -8.67. The van der Waals surface area contributed by atoms with E-state index in [-0.39, 0.29) is 23.6 Å². The lowest BCUT2D eigenvalue weighted by Gasteiger charge is -2.42. The van der Waals surface area contributed by atoms with Gasteiger partial charge in [-0.3, -0.25) is 14.4 Å². The molecule has 0 bridgehead atoms. The highest BCUT2D eigenvalue weighted by atomic mass is 32.3. The first-order valence-electron chi connectivity index (χ1n) is 15.7. The predicted molar refractivity (Wildman–Crippen MR) is 177 cm³/mol. The number of rotatable bonds is 13. The predicted octanol–water partition coefficient (Wildman–Crippen LogP) is 3.16. The van der Waals surface area contributed by atoms with E-state index >= 15 is 3.89 Å². The second kappa shape index (κ2) is 18.0. The van der Waals surface area contributed by atoms with Gasteiger partial charge in [0.2, 0.25) is 6.29 Å². The molecule has 0 spiro atoms. The summed E-state index contributed by atoms with van der Waals surface area (Å²) in [4.78, 5) is 59.8. The second-order valence-electron chi connectivity index (χ2n) is 12.2. The molecule has 19 heteroatoms. The molecule has 2 aromatic carbocycles. The Balaban J connectivity index is 1.82. The van der Waals surface area contributed by atoms with Gasteiger partial charge in [0.05, 0.1) is 7.11 Å². The van der Waals surface area contributed by atoms with E-state index in [1.54, 1.807) is 20.8 Å². The van der Waals surface area contributed by atoms with Crippen LogP contribution in [-0.2, 0) is 64.4 Å². The largest absolute Gasteiger partial charge is 0.467 e. The molecule has 7 atom stereocenters. The molecule has 0 radical (unpaired) electrons. The molecule has 286 valence electrons. The molecule has 1 amide bonds. The number of hydrogen-bond acceptors (Lipinski definition) is 16. The van der Waals surface area contributed by atoms with Gasteiger partial charge in [-0.1, -0.05) is 28.2 Å². The van der Waals surface area contributed by atoms with Crippen LogP contribution in [0.25, 0.3) is 0 Å². The minimum atomic E-state index is -4.97. The summed E-state index contributed by atoms with van der Waals surface area (Å²) in [6, 6.07) is 9.64. The Morgan fingerprint density at radius 1 is 0.962 bits per heavy atom. The van der Waals surface area contributed by atoms with Crippen molar-refractivity contribution in [1.82, 2.24) is 5.32 Å². The number of hydrogen-bond donors (Lipinski definition) is 2. The Morgan fingerprint density at radius 3 is 2.15 bits per heavy atom. The normalized spacial score (nSPS) is 21.6. The molecule has 0 aromatic heterocycles. The Bertz CT molecular complexity index is 1720. The monoisotopic (exact) mass is 756 g/mol. The molecular weight excluding hydrogens is 715 g/mol. The van der Waals surface area contributed by atoms with Gasteiger partial charge in [0.25, 0.3) is 0 Å². The van der Waals surface area contributed by atoms with Crippen LogP contribution in [0.1, 0.15) is 47.1 Å². The minimum absolute atomic E-state index is 0.0386. The fourth-order valence-corrected chi connectivity index (χ4v) is 5.47. The van der Waals surface area contributed by atoms with Gasteiger partial charge in [0, 0.05) is 27.2 Å². The number of para-hydroxylation sites is 1. The number of aliphatic hydroxyl groups excluding tert-OH is 1. The first-order valence-corrected chi connectivity index (χ1v) is 17.0. The van der Waals surface area contributed by atoms with Crippen LogP contribution >= 0.6 is 0 Å². The molecule has 1 heterocycles. The van der Waals surface area contributed by atoms with E-state index in [9.17, 15) is 33.3 Å². The van der Waals surface area contributed by atoms with Crippen molar-refractivity contribution in [3.8, 4) is 11.5 Å². The number of carbonyl (C=O) groups is 5. The number of carbonyl (C=O) groups excluding carboxylic acids is 5. The number of ether oxygens (including phenoxy) is 7. The molecule has 2 N–H and O–H groups in total. The Labute approximate surface area is 299 Å². The maximum absolute atomic E-state index is 15.4. The van der Waals surface area contributed by atoms with Crippen LogP contribution < -0.4 is 14.2 Å². The number of nitrogens with one attached hydrogen (secondary N) is 1. The van der Waals surface area contributed by atoms with Crippen LogP contribution in [0.15, 0.2) is 52.9 Å². The standard InChI is InChI=1S/C33H41FN2O15S/c1-18(37)45-17-26-28(46-19(2)38)29(47-20(3)39)27(40)31(49-26)48-25-11-9-8-10-23(25)36-52(34,43)51-22-14-12-21(13-15-22)16-24(30(41)44-7)35-32(42)50-33(4,5)6/h8-15,24,26-29,31,40H,16-17H2,1-7H3,(H,35,42)/t24-,26+,27+,28-,29+,31+,52?/m0/s1. The average Bonchev–Trinajstić information content (AvgIpc) is 3.02. The number of methoxy groups -OCH3 is 1. The number of alkyl carbamates (subject to hydrolysis) is 1. The summed E-state index contributed by atoms with van der Waals surface area (Å²) in [6.45, 7) is 7.70. The summed E-state index contributed by atoms with van der Waals surface area (Å²) in [5.74, 6) is -3.60. The Kier molecular flexibility index (Phi) is 14.3. The summed E-state index contributed by atoms with van der Waals surface area (Å²) in [7, 11) is -3.82. The molecule has 0 saturated carbocycles. The Hall–Kier alpha value is -5.01. The number of esters is 4. The van der Waals surface area contributed by atoms with Crippen LogP contribution in [0.3, 0.4) is 0 Å². The fourth-order valence-electron chi connectivity index (χ4n) is 4.70. The van der Waals surface area contributed by atoms with Crippen LogP contribution in [0.4, 0.5) is 14.4 Å². The summed E-state index contributed by atoms with van der Waals surface area (Å²) in [5, 5.41) is 13.5. The molecule has 1 saturated heterocycles. The maximum atomic E-state index is 15.4. The highest BCUT2D eigenvalue weighted by Gasteiger charge is 2.51. The van der Waals surface area contributed by atoms with Crippen molar-refractivity contribution < 1.29 is 74.5 Å². The van der Waals surface area contributed by atoms with Gasteiger partial charge in [0.1, 0.15) is 41.5 Å². The van der Waals surface area contributed by atoms with Crippen LogP contribution in [0.5, 0.6) is 11.5 Å². The van der Waals surface area contributed by atoms with Gasteiger partial charge in [-0.15, -0.1) is 4.36 Å². The van der Waals surface area contributed by atoms with Crippen molar-refractivity contribution >= 4 is 46.1 Å². The average molecular weight is 757 g/mol. The van der Waals surface area contributed by atoms with Crippen LogP contribution in [0, 0.1) is 0 Å². The first kappa shape index (κ1) is 41.4. The molecule has 1 fully saturated rings. The fraction of sp³-hybridized carbons (Fsp3) is 0.485. The topological polar surface area (TPSA) is 221 Å². The highest BCUT2D eigenvalue weighted by Crippen LogP contribution is 2.34. The minimum Gasteiger partial charge on any atom is -0.467 e. The first-order chi connectivity index (χ1) is 24.3. The number of halogens is 1. The van der Waals surface area contributed by atoms with Gasteiger partial charge >= 0.3 is 40.4 Å². The van der Waals surface area contributed by atoms with Gasteiger partial charge < -0.3 is 47.8 Å². The summed E-state index contributed by atoms with van der Waals surface area (Å²) < 4.78 is 73.8. The second-order valence-corrected chi connectivity index (χ2v) is 13.4. The van der Waals surface area contributed by atoms with Gasteiger partial charge in [-0.25, -0.2) is 9.59 Å². The number of benzene rings is 2. The molecule has 0 aliphatic carbocycles. The van der Waals surface area contributed by atoms with E-state index in [0.717, 1.165) is 27.9 Å². The number of aliphatic hydroxyl groups is 1. The van der Waals surface area contributed by atoms with E-state index in [2.05, 4.69) is 9.68 Å². The van der Waals surface area contributed by atoms with E-state index in [1.165, 1.54) is 48.5 Å². The van der Waals surface area contributed by atoms with Crippen molar-refractivity contribution in [3.05, 3.63) is 54.1 Å². The van der Waals surface area contributed by atoms with Crippen molar-refractivity contribution in [2.75, 3.05) is 13.7 Å². The molecule has 1 aliphatic rings. The third kappa shape index (κ3) is 13.0. The van der Waals surface area contributed by atoms with Crippen molar-refractivity contribution in [3.63, 3.8) is 0 Å². The molecule has 1 unspecified atom stereocenters. The summed E-state index contributed by atoms with van der Waals surface area (Å²) >= 11 is 0. The van der Waals surface area contributed by atoms with Crippen molar-refractivity contribution in [1.29, 1.82) is 0 Å².